The molecule has 1 aromatic carbocycles. The summed E-state index contributed by atoms with van der Waals surface area (Å²) in [4.78, 5) is 5.00. The summed E-state index contributed by atoms with van der Waals surface area (Å²) in [6.45, 7) is 8.76. The molecule has 0 bridgehead atoms. The summed E-state index contributed by atoms with van der Waals surface area (Å²) in [5.74, 6) is 1.02. The molecule has 1 N–H and O–H groups in total. The first kappa shape index (κ1) is 17.7. The van der Waals surface area contributed by atoms with Gasteiger partial charge < -0.3 is 14.7 Å². The molecule has 2 saturated heterocycles. The number of aliphatic hydroxyl groups is 1. The fourth-order valence-electron chi connectivity index (χ4n) is 4.91. The number of hydrogen-bond donors (Lipinski definition) is 1. The first-order valence-corrected chi connectivity index (χ1v) is 9.16. The van der Waals surface area contributed by atoms with Crippen molar-refractivity contribution in [2.45, 2.75) is 45.7 Å². The van der Waals surface area contributed by atoms with Gasteiger partial charge in [0, 0.05) is 30.1 Å². The highest BCUT2D eigenvalue weighted by molar-refractivity contribution is 5.43. The normalized spacial score (nSPS) is 28.6. The topological polar surface area (TPSA) is 35.9 Å². The molecule has 0 unspecified atom stereocenters. The molecular formula is C20H32N2O2. The van der Waals surface area contributed by atoms with Crippen molar-refractivity contribution < 1.29 is 9.84 Å². The van der Waals surface area contributed by atoms with Gasteiger partial charge in [-0.1, -0.05) is 17.7 Å². The maximum atomic E-state index is 10.1. The molecule has 0 radical (unpaired) electrons. The van der Waals surface area contributed by atoms with E-state index in [9.17, 15) is 5.11 Å². The first-order chi connectivity index (χ1) is 11.5. The van der Waals surface area contributed by atoms with E-state index in [-0.39, 0.29) is 5.41 Å². The minimum atomic E-state index is 0.107. The number of aliphatic hydroxyl groups excluding tert-OH is 1. The van der Waals surface area contributed by atoms with Gasteiger partial charge in [0.05, 0.1) is 13.7 Å². The number of likely N-dealkylation sites (tertiary alicyclic amines) is 2. The number of benzene rings is 1. The largest absolute Gasteiger partial charge is 0.496 e. The molecule has 24 heavy (non-hydrogen) atoms. The number of piperidine rings is 2. The molecule has 4 nitrogen and oxygen atoms in total. The van der Waals surface area contributed by atoms with E-state index in [1.54, 1.807) is 7.11 Å². The van der Waals surface area contributed by atoms with Crippen molar-refractivity contribution in [1.29, 1.82) is 0 Å². The van der Waals surface area contributed by atoms with Gasteiger partial charge in [-0.2, -0.15) is 0 Å². The number of hydrogen-bond acceptors (Lipinski definition) is 4. The zero-order valence-electron chi connectivity index (χ0n) is 15.6. The van der Waals surface area contributed by atoms with Gasteiger partial charge >= 0.3 is 0 Å². The summed E-state index contributed by atoms with van der Waals surface area (Å²) in [6, 6.07) is 4.90. The number of ether oxygens (including phenoxy) is 1. The Balaban J connectivity index is 1.79. The van der Waals surface area contributed by atoms with E-state index >= 15 is 0 Å². The standard InChI is InChI=1S/C20H32N2O2/c1-15-10-16(2)19(24-4)17(11-15)12-22-9-7-20(14-23)6-5-8-21(3)18(20)13-22/h10-11,18,23H,5-9,12-14H2,1-4H3/t18-,20-/m1/s1. The Labute approximate surface area is 146 Å². The summed E-state index contributed by atoms with van der Waals surface area (Å²) >= 11 is 0. The van der Waals surface area contributed by atoms with Crippen molar-refractivity contribution >= 4 is 0 Å². The van der Waals surface area contributed by atoms with Gasteiger partial charge in [-0.25, -0.2) is 0 Å². The van der Waals surface area contributed by atoms with Crippen LogP contribution in [0.3, 0.4) is 0 Å². The average Bonchev–Trinajstić information content (AvgIpc) is 2.55. The lowest BCUT2D eigenvalue weighted by Crippen LogP contribution is -2.61. The predicted molar refractivity (Wildman–Crippen MR) is 97.5 cm³/mol. The van der Waals surface area contributed by atoms with Crippen molar-refractivity contribution in [2.75, 3.05) is 40.4 Å². The Hall–Kier alpha value is -1.10. The van der Waals surface area contributed by atoms with Gasteiger partial charge in [0.1, 0.15) is 5.75 Å². The molecule has 0 aliphatic carbocycles. The number of methoxy groups -OCH3 is 1. The number of nitrogens with zero attached hydrogens (tertiary/aromatic N) is 2. The van der Waals surface area contributed by atoms with Crippen molar-refractivity contribution in [3.8, 4) is 5.75 Å². The van der Waals surface area contributed by atoms with Crippen LogP contribution in [0.15, 0.2) is 12.1 Å². The van der Waals surface area contributed by atoms with E-state index in [1.165, 1.54) is 29.5 Å². The fraction of sp³-hybridized carbons (Fsp3) is 0.700. The van der Waals surface area contributed by atoms with Gasteiger partial charge in [0.25, 0.3) is 0 Å². The minimum absolute atomic E-state index is 0.107. The van der Waals surface area contributed by atoms with Crippen LogP contribution >= 0.6 is 0 Å². The number of fused-ring (bicyclic) bond motifs is 1. The Bertz CT molecular complexity index is 589. The lowest BCUT2D eigenvalue weighted by molar-refractivity contribution is -0.0685. The highest BCUT2D eigenvalue weighted by Crippen LogP contribution is 2.42. The van der Waals surface area contributed by atoms with E-state index in [4.69, 9.17) is 4.74 Å². The molecule has 2 aliphatic heterocycles. The van der Waals surface area contributed by atoms with E-state index in [1.807, 2.05) is 0 Å². The SMILES string of the molecule is COc1c(C)cc(C)cc1CN1CC[C@@]2(CO)CCCN(C)[C@@H]2C1. The molecule has 0 amide bonds. The Morgan fingerprint density at radius 2 is 2.04 bits per heavy atom. The van der Waals surface area contributed by atoms with Gasteiger partial charge in [0.15, 0.2) is 0 Å². The van der Waals surface area contributed by atoms with Crippen molar-refractivity contribution in [2.24, 2.45) is 5.41 Å². The maximum absolute atomic E-state index is 10.1. The molecule has 3 rings (SSSR count). The Morgan fingerprint density at radius 1 is 1.25 bits per heavy atom. The quantitative estimate of drug-likeness (QED) is 0.919. The van der Waals surface area contributed by atoms with Gasteiger partial charge in [-0.3, -0.25) is 4.90 Å². The molecule has 2 atom stereocenters. The summed E-state index contributed by atoms with van der Waals surface area (Å²) in [5.41, 5.74) is 3.89. The molecule has 2 heterocycles. The monoisotopic (exact) mass is 332 g/mol. The smallest absolute Gasteiger partial charge is 0.126 e. The Morgan fingerprint density at radius 3 is 2.75 bits per heavy atom. The third-order valence-corrected chi connectivity index (χ3v) is 6.19. The Kier molecular flexibility index (Phi) is 5.19. The van der Waals surface area contributed by atoms with Crippen LogP contribution < -0.4 is 4.74 Å². The highest BCUT2D eigenvalue weighted by atomic mass is 16.5. The average molecular weight is 332 g/mol. The second-order valence-electron chi connectivity index (χ2n) is 7.88. The van der Waals surface area contributed by atoms with Crippen LogP contribution in [0.2, 0.25) is 0 Å². The number of aryl methyl sites for hydroxylation is 2. The van der Waals surface area contributed by atoms with Crippen LogP contribution in [0.5, 0.6) is 5.75 Å². The van der Waals surface area contributed by atoms with E-state index in [0.29, 0.717) is 12.6 Å². The van der Waals surface area contributed by atoms with Crippen LogP contribution in [0, 0.1) is 19.3 Å². The first-order valence-electron chi connectivity index (χ1n) is 9.16. The van der Waals surface area contributed by atoms with Crippen LogP contribution in [0.1, 0.15) is 36.0 Å². The molecule has 2 fully saturated rings. The third kappa shape index (κ3) is 3.19. The number of rotatable bonds is 4. The summed E-state index contributed by atoms with van der Waals surface area (Å²) < 4.78 is 5.66. The van der Waals surface area contributed by atoms with Gasteiger partial charge in [-0.15, -0.1) is 0 Å². The molecule has 134 valence electrons. The third-order valence-electron chi connectivity index (χ3n) is 6.19. The van der Waals surface area contributed by atoms with Crippen LogP contribution in [-0.2, 0) is 6.54 Å². The van der Waals surface area contributed by atoms with E-state index < -0.39 is 0 Å². The zero-order valence-corrected chi connectivity index (χ0v) is 15.6. The summed E-state index contributed by atoms with van der Waals surface area (Å²) in [6.07, 6.45) is 3.46. The lowest BCUT2D eigenvalue weighted by atomic mass is 9.69. The molecule has 0 spiro atoms. The van der Waals surface area contributed by atoms with Crippen LogP contribution in [-0.4, -0.2) is 61.3 Å². The lowest BCUT2D eigenvalue weighted by Gasteiger charge is -2.53. The minimum Gasteiger partial charge on any atom is -0.496 e. The molecular weight excluding hydrogens is 300 g/mol. The van der Waals surface area contributed by atoms with Crippen molar-refractivity contribution in [3.63, 3.8) is 0 Å². The maximum Gasteiger partial charge on any atom is 0.126 e. The van der Waals surface area contributed by atoms with Gasteiger partial charge in [0.2, 0.25) is 0 Å². The zero-order chi connectivity index (χ0) is 17.3. The second-order valence-corrected chi connectivity index (χ2v) is 7.88. The van der Waals surface area contributed by atoms with E-state index in [2.05, 4.69) is 42.8 Å². The molecule has 0 aromatic heterocycles. The molecule has 1 aromatic rings. The summed E-state index contributed by atoms with van der Waals surface area (Å²) in [7, 11) is 3.98. The van der Waals surface area contributed by atoms with Crippen LogP contribution in [0.25, 0.3) is 0 Å². The second kappa shape index (κ2) is 7.03. The van der Waals surface area contributed by atoms with Crippen molar-refractivity contribution in [3.05, 3.63) is 28.8 Å². The fourth-order valence-corrected chi connectivity index (χ4v) is 4.91. The number of likely N-dealkylation sites (N-methyl/N-ethyl adjacent to an activating group) is 1. The molecule has 0 saturated carbocycles. The molecule has 2 aliphatic rings. The summed E-state index contributed by atoms with van der Waals surface area (Å²) in [5, 5.41) is 10.1. The highest BCUT2D eigenvalue weighted by Gasteiger charge is 2.46. The van der Waals surface area contributed by atoms with Gasteiger partial charge in [-0.05, 0) is 58.8 Å². The predicted octanol–water partition coefficient (Wildman–Crippen LogP) is 2.59. The van der Waals surface area contributed by atoms with Crippen LogP contribution in [0.4, 0.5) is 0 Å². The van der Waals surface area contributed by atoms with E-state index in [0.717, 1.165) is 38.3 Å². The molecule has 4 heteroatoms. The van der Waals surface area contributed by atoms with Crippen molar-refractivity contribution in [1.82, 2.24) is 9.80 Å².